The lowest BCUT2D eigenvalue weighted by Gasteiger charge is -2.14. The van der Waals surface area contributed by atoms with Gasteiger partial charge < -0.3 is 20.7 Å². The topological polar surface area (TPSA) is 114 Å². The largest absolute Gasteiger partial charge is 0.454 e. The molecule has 8 nitrogen and oxygen atoms in total. The first-order chi connectivity index (χ1) is 13.9. The molecule has 154 valence electrons. The molecule has 0 aliphatic rings. The zero-order valence-electron chi connectivity index (χ0n) is 16.5. The molecule has 2 rings (SSSR count). The lowest BCUT2D eigenvalue weighted by atomic mass is 10.1. The highest BCUT2D eigenvalue weighted by atomic mass is 16.5. The van der Waals surface area contributed by atoms with Crippen LogP contribution in [0.1, 0.15) is 30.6 Å². The number of carbonyl (C=O) groups is 4. The van der Waals surface area contributed by atoms with Gasteiger partial charge in [-0.1, -0.05) is 37.3 Å². The van der Waals surface area contributed by atoms with E-state index < -0.39 is 30.4 Å². The van der Waals surface area contributed by atoms with Crippen LogP contribution in [-0.2, 0) is 19.1 Å². The van der Waals surface area contributed by atoms with Crippen molar-refractivity contribution in [3.63, 3.8) is 0 Å². The van der Waals surface area contributed by atoms with Gasteiger partial charge >= 0.3 is 5.97 Å². The second-order valence-corrected chi connectivity index (χ2v) is 6.49. The van der Waals surface area contributed by atoms with Gasteiger partial charge in [-0.05, 0) is 36.2 Å². The summed E-state index contributed by atoms with van der Waals surface area (Å²) in [5.41, 5.74) is 0.418. The molecule has 0 saturated carbocycles. The number of amides is 3. The SMILES string of the molecule is CCCNC(=O)[C@@H](C)NC(=O)COC(=O)CNC(=O)c1ccc2ccccc2c1. The zero-order valence-corrected chi connectivity index (χ0v) is 16.5. The molecule has 0 bridgehead atoms. The molecular weight excluding hydrogens is 374 g/mol. The smallest absolute Gasteiger partial charge is 0.325 e. The minimum atomic E-state index is -0.752. The molecule has 0 saturated heterocycles. The van der Waals surface area contributed by atoms with E-state index in [1.54, 1.807) is 12.1 Å². The van der Waals surface area contributed by atoms with E-state index in [2.05, 4.69) is 16.0 Å². The molecule has 0 aromatic heterocycles. The lowest BCUT2D eigenvalue weighted by molar-refractivity contribution is -0.147. The summed E-state index contributed by atoms with van der Waals surface area (Å²) in [6.07, 6.45) is 0.787. The van der Waals surface area contributed by atoms with Crippen molar-refractivity contribution < 1.29 is 23.9 Å². The number of benzene rings is 2. The van der Waals surface area contributed by atoms with Gasteiger partial charge in [0.2, 0.25) is 5.91 Å². The number of esters is 1. The lowest BCUT2D eigenvalue weighted by Crippen LogP contribution is -2.46. The Morgan fingerprint density at radius 3 is 2.45 bits per heavy atom. The summed E-state index contributed by atoms with van der Waals surface area (Å²) in [6, 6.07) is 12.1. The van der Waals surface area contributed by atoms with Crippen LogP contribution in [0.25, 0.3) is 10.8 Å². The van der Waals surface area contributed by atoms with E-state index in [1.165, 1.54) is 6.92 Å². The van der Waals surface area contributed by atoms with E-state index in [1.807, 2.05) is 37.3 Å². The van der Waals surface area contributed by atoms with Gasteiger partial charge in [0.15, 0.2) is 6.61 Å². The third-order valence-electron chi connectivity index (χ3n) is 4.09. The average Bonchev–Trinajstić information content (AvgIpc) is 2.73. The summed E-state index contributed by atoms with van der Waals surface area (Å²) >= 11 is 0. The number of rotatable bonds is 9. The van der Waals surface area contributed by atoms with Gasteiger partial charge in [-0.2, -0.15) is 0 Å². The molecule has 3 amide bonds. The molecule has 2 aromatic rings. The summed E-state index contributed by atoms with van der Waals surface area (Å²) in [5.74, 6) is -2.08. The van der Waals surface area contributed by atoms with Gasteiger partial charge in [-0.15, -0.1) is 0 Å². The third-order valence-corrected chi connectivity index (χ3v) is 4.09. The van der Waals surface area contributed by atoms with E-state index in [4.69, 9.17) is 4.74 Å². The van der Waals surface area contributed by atoms with Crippen LogP contribution in [0.2, 0.25) is 0 Å². The van der Waals surface area contributed by atoms with Crippen LogP contribution in [0.4, 0.5) is 0 Å². The van der Waals surface area contributed by atoms with Crippen molar-refractivity contribution in [2.45, 2.75) is 26.3 Å². The molecule has 29 heavy (non-hydrogen) atoms. The van der Waals surface area contributed by atoms with Gasteiger partial charge in [0.25, 0.3) is 11.8 Å². The highest BCUT2D eigenvalue weighted by molar-refractivity contribution is 5.99. The maximum atomic E-state index is 12.2. The summed E-state index contributed by atoms with van der Waals surface area (Å²) < 4.78 is 4.82. The normalized spacial score (nSPS) is 11.4. The number of fused-ring (bicyclic) bond motifs is 1. The van der Waals surface area contributed by atoms with Crippen LogP contribution < -0.4 is 16.0 Å². The maximum Gasteiger partial charge on any atom is 0.325 e. The summed E-state index contributed by atoms with van der Waals surface area (Å²) in [5, 5.41) is 9.47. The van der Waals surface area contributed by atoms with E-state index >= 15 is 0 Å². The maximum absolute atomic E-state index is 12.2. The molecule has 0 spiro atoms. The summed E-state index contributed by atoms with van der Waals surface area (Å²) in [4.78, 5) is 47.4. The molecule has 3 N–H and O–H groups in total. The summed E-state index contributed by atoms with van der Waals surface area (Å²) in [7, 11) is 0. The third kappa shape index (κ3) is 6.91. The van der Waals surface area contributed by atoms with Gasteiger partial charge in [0.05, 0.1) is 0 Å². The number of carbonyl (C=O) groups excluding carboxylic acids is 4. The monoisotopic (exact) mass is 399 g/mol. The highest BCUT2D eigenvalue weighted by Crippen LogP contribution is 2.15. The van der Waals surface area contributed by atoms with Crippen molar-refractivity contribution in [1.29, 1.82) is 0 Å². The van der Waals surface area contributed by atoms with E-state index in [0.717, 1.165) is 17.2 Å². The Bertz CT molecular complexity index is 897. The van der Waals surface area contributed by atoms with Crippen molar-refractivity contribution in [1.82, 2.24) is 16.0 Å². The number of nitrogens with one attached hydrogen (secondary N) is 3. The van der Waals surface area contributed by atoms with Gasteiger partial charge in [-0.3, -0.25) is 19.2 Å². The van der Waals surface area contributed by atoms with Crippen molar-refractivity contribution in [2.75, 3.05) is 19.7 Å². The molecule has 8 heteroatoms. The van der Waals surface area contributed by atoms with Gasteiger partial charge in [0.1, 0.15) is 12.6 Å². The van der Waals surface area contributed by atoms with Crippen molar-refractivity contribution in [2.24, 2.45) is 0 Å². The predicted molar refractivity (Wildman–Crippen MR) is 108 cm³/mol. The van der Waals surface area contributed by atoms with Crippen LogP contribution in [-0.4, -0.2) is 49.4 Å². The Kier molecular flexibility index (Phi) is 8.14. The minimum absolute atomic E-state index is 0.311. The Morgan fingerprint density at radius 2 is 1.72 bits per heavy atom. The van der Waals surface area contributed by atoms with Crippen molar-refractivity contribution in [3.8, 4) is 0 Å². The second-order valence-electron chi connectivity index (χ2n) is 6.49. The van der Waals surface area contributed by atoms with Crippen LogP contribution in [0.5, 0.6) is 0 Å². The molecule has 0 fully saturated rings. The Balaban J connectivity index is 1.73. The van der Waals surface area contributed by atoms with Crippen LogP contribution in [0, 0.1) is 0 Å². The Morgan fingerprint density at radius 1 is 1.00 bits per heavy atom. The van der Waals surface area contributed by atoms with E-state index in [9.17, 15) is 19.2 Å². The van der Waals surface area contributed by atoms with E-state index in [0.29, 0.717) is 12.1 Å². The van der Waals surface area contributed by atoms with Crippen LogP contribution in [0.3, 0.4) is 0 Å². The fourth-order valence-corrected chi connectivity index (χ4v) is 2.53. The van der Waals surface area contributed by atoms with Crippen LogP contribution in [0.15, 0.2) is 42.5 Å². The van der Waals surface area contributed by atoms with Gasteiger partial charge in [-0.25, -0.2) is 0 Å². The molecule has 1 atom stereocenters. The second kappa shape index (κ2) is 10.8. The standard InChI is InChI=1S/C21H25N3O5/c1-3-10-22-20(27)14(2)24-18(25)13-29-19(26)12-23-21(28)17-9-8-15-6-4-5-7-16(15)11-17/h4-9,11,14H,3,10,12-13H2,1-2H3,(H,22,27)(H,23,28)(H,24,25)/t14-/m1/s1. The molecule has 0 heterocycles. The highest BCUT2D eigenvalue weighted by Gasteiger charge is 2.16. The zero-order chi connectivity index (χ0) is 21.2. The predicted octanol–water partition coefficient (Wildman–Crippen LogP) is 1.14. The first kappa shape index (κ1) is 21.9. The van der Waals surface area contributed by atoms with E-state index in [-0.39, 0.29) is 12.5 Å². The fourth-order valence-electron chi connectivity index (χ4n) is 2.53. The first-order valence-electron chi connectivity index (χ1n) is 9.40. The van der Waals surface area contributed by atoms with Gasteiger partial charge in [0, 0.05) is 12.1 Å². The molecular formula is C21H25N3O5. The number of hydrogen-bond acceptors (Lipinski definition) is 5. The molecule has 0 radical (unpaired) electrons. The fraction of sp³-hybridized carbons (Fsp3) is 0.333. The molecule has 0 aliphatic heterocycles. The van der Waals surface area contributed by atoms with Crippen molar-refractivity contribution >= 4 is 34.5 Å². The average molecular weight is 399 g/mol. The number of ether oxygens (including phenoxy) is 1. The van der Waals surface area contributed by atoms with Crippen LogP contribution >= 0.6 is 0 Å². The molecule has 0 unspecified atom stereocenters. The molecule has 2 aromatic carbocycles. The molecule has 0 aliphatic carbocycles. The first-order valence-corrected chi connectivity index (χ1v) is 9.40. The Labute approximate surface area is 169 Å². The Hall–Kier alpha value is -3.42. The quantitative estimate of drug-likeness (QED) is 0.547. The summed E-state index contributed by atoms with van der Waals surface area (Å²) in [6.45, 7) is 3.07. The van der Waals surface area contributed by atoms with Crippen molar-refractivity contribution in [3.05, 3.63) is 48.0 Å². The minimum Gasteiger partial charge on any atom is -0.454 e. The number of hydrogen-bond donors (Lipinski definition) is 3.